The molecule has 0 aromatic heterocycles. The molecule has 0 spiro atoms. The molecule has 2 nitrogen and oxygen atoms in total. The van der Waals surface area contributed by atoms with E-state index in [1.165, 1.54) is 177 Å². The molecule has 40 heavy (non-hydrogen) atoms. The van der Waals surface area contributed by atoms with E-state index in [4.69, 9.17) is 34.4 Å². The first kappa shape index (κ1) is 40.3. The normalized spacial score (nSPS) is 12.1. The minimum Gasteiger partial charge on any atom is -0.417 e. The fraction of sp³-hybridized carbons (Fsp3) is 0.943. The fourth-order valence-electron chi connectivity index (χ4n) is 5.26. The van der Waals surface area contributed by atoms with Gasteiger partial charge >= 0.3 is 0 Å². The van der Waals surface area contributed by atoms with Crippen LogP contribution in [0.2, 0.25) is 0 Å². The summed E-state index contributed by atoms with van der Waals surface area (Å²) in [7, 11) is 0. The van der Waals surface area contributed by atoms with Crippen LogP contribution in [0, 0.1) is 0 Å². The molecule has 0 rings (SSSR count). The first-order chi connectivity index (χ1) is 19.6. The summed E-state index contributed by atoms with van der Waals surface area (Å²) in [5.74, 6) is 0. The molecule has 5 heteroatoms. The van der Waals surface area contributed by atoms with Crippen LogP contribution in [0.15, 0.2) is 0 Å². The van der Waals surface area contributed by atoms with Crippen LogP contribution in [0.5, 0.6) is 0 Å². The SMILES string of the molecule is CCCCCCCCCCCCCCCC(=S)CCC(N)SOC(=S)CCCCCCCCCCCCCCC. The third-order valence-electron chi connectivity index (χ3n) is 8.02. The van der Waals surface area contributed by atoms with Crippen molar-refractivity contribution >= 4 is 46.4 Å². The molecule has 0 aliphatic heterocycles. The lowest BCUT2D eigenvalue weighted by atomic mass is 10.0. The summed E-state index contributed by atoms with van der Waals surface area (Å²) in [6.07, 6.45) is 39.6. The molecular weight excluding hydrogens is 547 g/mol. The highest BCUT2D eigenvalue weighted by molar-refractivity contribution is 7.96. The lowest BCUT2D eigenvalue weighted by molar-refractivity contribution is 0.537. The predicted octanol–water partition coefficient (Wildman–Crippen LogP) is 13.4. The number of hydrogen-bond donors (Lipinski definition) is 1. The average molecular weight is 616 g/mol. The monoisotopic (exact) mass is 615 g/mol. The molecule has 0 saturated carbocycles. The highest BCUT2D eigenvalue weighted by atomic mass is 32.2. The largest absolute Gasteiger partial charge is 0.417 e. The summed E-state index contributed by atoms with van der Waals surface area (Å²) in [4.78, 5) is 1.17. The second-order valence-electron chi connectivity index (χ2n) is 12.2. The molecule has 0 fully saturated rings. The van der Waals surface area contributed by atoms with E-state index in [9.17, 15) is 0 Å². The highest BCUT2D eigenvalue weighted by Gasteiger charge is 2.09. The van der Waals surface area contributed by atoms with Crippen molar-refractivity contribution in [1.29, 1.82) is 0 Å². The van der Waals surface area contributed by atoms with E-state index < -0.39 is 0 Å². The highest BCUT2D eigenvalue weighted by Crippen LogP contribution is 2.19. The van der Waals surface area contributed by atoms with Gasteiger partial charge in [-0.15, -0.1) is 0 Å². The topological polar surface area (TPSA) is 35.2 Å². The third kappa shape index (κ3) is 32.8. The minimum absolute atomic E-state index is 0.0470. The van der Waals surface area contributed by atoms with E-state index in [1.54, 1.807) is 0 Å². The fourth-order valence-corrected chi connectivity index (χ4v) is 6.31. The van der Waals surface area contributed by atoms with Crippen molar-refractivity contribution in [3.63, 3.8) is 0 Å². The van der Waals surface area contributed by atoms with Crippen LogP contribution in [0.3, 0.4) is 0 Å². The summed E-state index contributed by atoms with van der Waals surface area (Å²) in [5.41, 5.74) is 6.24. The summed E-state index contributed by atoms with van der Waals surface area (Å²) < 4.78 is 5.71. The van der Waals surface area contributed by atoms with E-state index in [0.29, 0.717) is 5.05 Å². The molecule has 0 aromatic rings. The lowest BCUT2D eigenvalue weighted by Crippen LogP contribution is -2.18. The molecule has 0 amide bonds. The van der Waals surface area contributed by atoms with E-state index in [1.807, 2.05) is 0 Å². The second-order valence-corrected chi connectivity index (χ2v) is 14.1. The summed E-state index contributed by atoms with van der Waals surface area (Å²) in [5, 5.41) is 0.660. The van der Waals surface area contributed by atoms with Gasteiger partial charge in [0, 0.05) is 6.42 Å². The molecule has 0 saturated heterocycles. The smallest absolute Gasteiger partial charge is 0.177 e. The Hall–Kier alpha value is 0.290. The van der Waals surface area contributed by atoms with Crippen LogP contribution >= 0.6 is 36.5 Å². The van der Waals surface area contributed by atoms with E-state index in [-0.39, 0.29) is 5.37 Å². The van der Waals surface area contributed by atoms with Gasteiger partial charge in [-0.2, -0.15) is 0 Å². The van der Waals surface area contributed by atoms with Crippen LogP contribution in [-0.2, 0) is 4.18 Å². The quantitative estimate of drug-likeness (QED) is 0.0344. The average Bonchev–Trinajstić information content (AvgIpc) is 2.95. The Bertz CT molecular complexity index is 497. The maximum absolute atomic E-state index is 6.24. The first-order valence-electron chi connectivity index (χ1n) is 17.7. The van der Waals surface area contributed by atoms with Gasteiger partial charge in [-0.05, 0) is 49.2 Å². The zero-order valence-electron chi connectivity index (χ0n) is 27.0. The van der Waals surface area contributed by atoms with Crippen molar-refractivity contribution in [3.8, 4) is 0 Å². The first-order valence-corrected chi connectivity index (χ1v) is 19.4. The van der Waals surface area contributed by atoms with Crippen LogP contribution in [0.25, 0.3) is 0 Å². The Balaban J connectivity index is 3.39. The van der Waals surface area contributed by atoms with Crippen LogP contribution < -0.4 is 5.73 Å². The third-order valence-corrected chi connectivity index (χ3v) is 9.60. The predicted molar refractivity (Wildman–Crippen MR) is 192 cm³/mol. The van der Waals surface area contributed by atoms with Gasteiger partial charge in [0.2, 0.25) is 0 Å². The molecule has 0 radical (unpaired) electrons. The number of thiocarbonyl (C=S) groups is 2. The molecule has 0 bridgehead atoms. The number of nitrogens with two attached hydrogens (primary N) is 1. The maximum atomic E-state index is 6.24. The number of unbranched alkanes of at least 4 members (excludes halogenated alkanes) is 24. The van der Waals surface area contributed by atoms with Gasteiger partial charge in [0.25, 0.3) is 0 Å². The van der Waals surface area contributed by atoms with E-state index in [0.717, 1.165) is 32.1 Å². The van der Waals surface area contributed by atoms with Gasteiger partial charge in [-0.25, -0.2) is 0 Å². The van der Waals surface area contributed by atoms with Gasteiger partial charge in [0.1, 0.15) is 0 Å². The summed E-state index contributed by atoms with van der Waals surface area (Å²) in [6.45, 7) is 4.58. The Morgan fingerprint density at radius 1 is 0.500 bits per heavy atom. The Labute approximate surface area is 267 Å². The number of rotatable bonds is 33. The Kier molecular flexibility index (Phi) is 34.0. The van der Waals surface area contributed by atoms with Crippen molar-refractivity contribution in [2.45, 2.75) is 212 Å². The maximum Gasteiger partial charge on any atom is 0.177 e. The Morgan fingerprint density at radius 3 is 1.20 bits per heavy atom. The molecular formula is C35H69NOS3. The standard InChI is InChI=1S/C35H69NOS3/c1-3-5-7-9-11-13-15-17-19-21-23-25-27-29-33(38)31-32-34(36)40-37-35(39)30-28-26-24-22-20-18-16-14-12-10-8-6-4-2/h34H,3-32,36H2,1-2H3. The minimum atomic E-state index is -0.0470. The molecule has 2 N–H and O–H groups in total. The van der Waals surface area contributed by atoms with Crippen molar-refractivity contribution in [1.82, 2.24) is 0 Å². The molecule has 0 aliphatic carbocycles. The lowest BCUT2D eigenvalue weighted by Gasteiger charge is -2.12. The van der Waals surface area contributed by atoms with Crippen LogP contribution in [0.1, 0.15) is 206 Å². The van der Waals surface area contributed by atoms with E-state index >= 15 is 0 Å². The van der Waals surface area contributed by atoms with Crippen molar-refractivity contribution in [2.24, 2.45) is 5.73 Å². The molecule has 1 atom stereocenters. The van der Waals surface area contributed by atoms with Gasteiger partial charge in [0.05, 0.1) is 17.4 Å². The zero-order chi connectivity index (χ0) is 29.4. The molecule has 238 valence electrons. The van der Waals surface area contributed by atoms with Crippen molar-refractivity contribution < 1.29 is 4.18 Å². The summed E-state index contributed by atoms with van der Waals surface area (Å²) >= 11 is 12.4. The molecule has 0 aromatic carbocycles. The molecule has 0 aliphatic rings. The zero-order valence-corrected chi connectivity index (χ0v) is 29.5. The van der Waals surface area contributed by atoms with Crippen molar-refractivity contribution in [2.75, 3.05) is 0 Å². The van der Waals surface area contributed by atoms with Crippen LogP contribution in [-0.4, -0.2) is 15.3 Å². The summed E-state index contributed by atoms with van der Waals surface area (Å²) in [6, 6.07) is 0. The Morgan fingerprint density at radius 2 is 0.825 bits per heavy atom. The van der Waals surface area contributed by atoms with Crippen LogP contribution in [0.4, 0.5) is 0 Å². The molecule has 0 heterocycles. The van der Waals surface area contributed by atoms with E-state index in [2.05, 4.69) is 13.8 Å². The van der Waals surface area contributed by atoms with Gasteiger partial charge < -0.3 is 9.92 Å². The number of hydrogen-bond acceptors (Lipinski definition) is 5. The second kappa shape index (κ2) is 33.8. The van der Waals surface area contributed by atoms with Gasteiger partial charge in [0.15, 0.2) is 5.05 Å². The van der Waals surface area contributed by atoms with Gasteiger partial charge in [-0.3, -0.25) is 0 Å². The molecule has 1 unspecified atom stereocenters. The van der Waals surface area contributed by atoms with Crippen molar-refractivity contribution in [3.05, 3.63) is 0 Å². The van der Waals surface area contributed by atoms with Gasteiger partial charge in [-0.1, -0.05) is 180 Å².